The predicted molar refractivity (Wildman–Crippen MR) is 58.9 cm³/mol. The van der Waals surface area contributed by atoms with Gasteiger partial charge in [-0.1, -0.05) is 17.7 Å². The Morgan fingerprint density at radius 2 is 2.20 bits per heavy atom. The summed E-state index contributed by atoms with van der Waals surface area (Å²) in [5.41, 5.74) is 1.11. The summed E-state index contributed by atoms with van der Waals surface area (Å²) in [6.45, 7) is 0.499. The van der Waals surface area contributed by atoms with Crippen molar-refractivity contribution in [3.05, 3.63) is 28.8 Å². The van der Waals surface area contributed by atoms with Crippen LogP contribution in [-0.2, 0) is 11.3 Å². The summed E-state index contributed by atoms with van der Waals surface area (Å²) in [4.78, 5) is 4.52. The van der Waals surface area contributed by atoms with Crippen molar-refractivity contribution in [2.45, 2.75) is 25.4 Å². The van der Waals surface area contributed by atoms with Crippen molar-refractivity contribution >= 4 is 11.6 Å². The lowest BCUT2D eigenvalue weighted by Gasteiger charge is -2.08. The summed E-state index contributed by atoms with van der Waals surface area (Å²) in [5.74, 6) is 5.74. The molecule has 0 amide bonds. The molecule has 3 nitrogen and oxygen atoms in total. The molecule has 0 aromatic heterocycles. The second-order valence-electron chi connectivity index (χ2n) is 3.70. The fourth-order valence-electron chi connectivity index (χ4n) is 1.34. The van der Waals surface area contributed by atoms with E-state index in [4.69, 9.17) is 22.2 Å². The summed E-state index contributed by atoms with van der Waals surface area (Å²) in [6.07, 6.45) is 3.42. The number of rotatable bonds is 5. The highest BCUT2D eigenvalue weighted by atomic mass is 35.5. The van der Waals surface area contributed by atoms with E-state index in [1.54, 1.807) is 0 Å². The van der Waals surface area contributed by atoms with Gasteiger partial charge in [0.1, 0.15) is 5.75 Å². The molecule has 4 heteroatoms. The maximum absolute atomic E-state index is 6.08. The highest BCUT2D eigenvalue weighted by molar-refractivity contribution is 6.32. The monoisotopic (exact) mass is 227 g/mol. The molecule has 0 bridgehead atoms. The molecule has 1 aromatic rings. The van der Waals surface area contributed by atoms with E-state index < -0.39 is 0 Å². The zero-order chi connectivity index (χ0) is 10.7. The third-order valence-electron chi connectivity index (χ3n) is 2.32. The first-order chi connectivity index (χ1) is 7.29. The minimum atomic E-state index is 0.376. The average Bonchev–Trinajstić information content (AvgIpc) is 3.02. The molecule has 1 aliphatic carbocycles. The number of nitrogens with two attached hydrogens (primary N) is 1. The Labute approximate surface area is 94.1 Å². The van der Waals surface area contributed by atoms with Gasteiger partial charge in [-0.25, -0.2) is 5.90 Å². The minimum Gasteiger partial charge on any atom is -0.489 e. The number of halogens is 1. The summed E-state index contributed by atoms with van der Waals surface area (Å²) < 4.78 is 5.63. The second-order valence-corrected chi connectivity index (χ2v) is 4.11. The van der Waals surface area contributed by atoms with Gasteiger partial charge in [0.2, 0.25) is 0 Å². The first-order valence-corrected chi connectivity index (χ1v) is 5.44. The quantitative estimate of drug-likeness (QED) is 0.786. The third-order valence-corrected chi connectivity index (χ3v) is 2.62. The van der Waals surface area contributed by atoms with Gasteiger partial charge in [-0.3, -0.25) is 0 Å². The predicted octanol–water partition coefficient (Wildman–Crippen LogP) is 2.31. The standard InChI is InChI=1S/C11H14ClNO2/c12-10-7-8(5-6-14-13)1-4-11(10)15-9-2-3-9/h1,4,7,9H,2-3,5-6,13H2. The van der Waals surface area contributed by atoms with E-state index in [1.807, 2.05) is 18.2 Å². The average molecular weight is 228 g/mol. The van der Waals surface area contributed by atoms with Gasteiger partial charge in [0.05, 0.1) is 17.7 Å². The van der Waals surface area contributed by atoms with Crippen LogP contribution in [0.4, 0.5) is 0 Å². The van der Waals surface area contributed by atoms with E-state index in [1.165, 1.54) is 0 Å². The molecule has 2 rings (SSSR count). The molecular weight excluding hydrogens is 214 g/mol. The number of benzene rings is 1. The van der Waals surface area contributed by atoms with E-state index in [-0.39, 0.29) is 0 Å². The largest absolute Gasteiger partial charge is 0.489 e. The molecule has 0 heterocycles. The smallest absolute Gasteiger partial charge is 0.138 e. The van der Waals surface area contributed by atoms with Crippen molar-refractivity contribution in [3.63, 3.8) is 0 Å². The van der Waals surface area contributed by atoms with Gasteiger partial charge in [-0.15, -0.1) is 0 Å². The lowest BCUT2D eigenvalue weighted by molar-refractivity contribution is 0.141. The van der Waals surface area contributed by atoms with Crippen LogP contribution in [0.2, 0.25) is 5.02 Å². The Morgan fingerprint density at radius 1 is 1.40 bits per heavy atom. The second kappa shape index (κ2) is 4.84. The highest BCUT2D eigenvalue weighted by Gasteiger charge is 2.24. The SMILES string of the molecule is NOCCc1ccc(OC2CC2)c(Cl)c1. The minimum absolute atomic E-state index is 0.376. The first kappa shape index (κ1) is 10.7. The van der Waals surface area contributed by atoms with E-state index in [2.05, 4.69) is 4.84 Å². The summed E-state index contributed by atoms with van der Waals surface area (Å²) in [6, 6.07) is 5.80. The zero-order valence-electron chi connectivity index (χ0n) is 8.41. The molecule has 0 aliphatic heterocycles. The molecular formula is C11H14ClNO2. The van der Waals surface area contributed by atoms with Crippen molar-refractivity contribution < 1.29 is 9.57 Å². The maximum Gasteiger partial charge on any atom is 0.138 e. The van der Waals surface area contributed by atoms with E-state index in [0.29, 0.717) is 17.7 Å². The highest BCUT2D eigenvalue weighted by Crippen LogP contribution is 2.32. The van der Waals surface area contributed by atoms with Crippen LogP contribution in [0.1, 0.15) is 18.4 Å². The maximum atomic E-state index is 6.08. The van der Waals surface area contributed by atoms with Gasteiger partial charge in [-0.05, 0) is 37.0 Å². The van der Waals surface area contributed by atoms with Crippen molar-refractivity contribution in [2.75, 3.05) is 6.61 Å². The molecule has 0 atom stereocenters. The van der Waals surface area contributed by atoms with Gasteiger partial charge in [0.15, 0.2) is 0 Å². The van der Waals surface area contributed by atoms with Gasteiger partial charge in [-0.2, -0.15) is 0 Å². The normalized spacial score (nSPS) is 15.3. The van der Waals surface area contributed by atoms with Crippen LogP contribution in [0, 0.1) is 0 Å². The molecule has 0 saturated heterocycles. The molecule has 15 heavy (non-hydrogen) atoms. The Kier molecular flexibility index (Phi) is 3.46. The van der Waals surface area contributed by atoms with Crippen LogP contribution in [0.5, 0.6) is 5.75 Å². The Balaban J connectivity index is 2.00. The molecule has 1 aromatic carbocycles. The molecule has 0 unspecified atom stereocenters. The van der Waals surface area contributed by atoms with Gasteiger partial charge >= 0.3 is 0 Å². The molecule has 1 saturated carbocycles. The van der Waals surface area contributed by atoms with Crippen molar-refractivity contribution in [1.82, 2.24) is 0 Å². The Hall–Kier alpha value is -0.770. The fraction of sp³-hybridized carbons (Fsp3) is 0.455. The molecule has 2 N–H and O–H groups in total. The lowest BCUT2D eigenvalue weighted by Crippen LogP contribution is -2.04. The molecule has 1 fully saturated rings. The summed E-state index contributed by atoms with van der Waals surface area (Å²) >= 11 is 6.08. The molecule has 82 valence electrons. The summed E-state index contributed by atoms with van der Waals surface area (Å²) in [7, 11) is 0. The van der Waals surface area contributed by atoms with Crippen molar-refractivity contribution in [2.24, 2.45) is 5.90 Å². The number of hydrogen-bond donors (Lipinski definition) is 1. The van der Waals surface area contributed by atoms with Crippen molar-refractivity contribution in [3.8, 4) is 5.75 Å². The molecule has 0 spiro atoms. The van der Waals surface area contributed by atoms with Crippen LogP contribution in [-0.4, -0.2) is 12.7 Å². The topological polar surface area (TPSA) is 44.5 Å². The first-order valence-electron chi connectivity index (χ1n) is 5.06. The lowest BCUT2D eigenvalue weighted by atomic mass is 10.1. The third kappa shape index (κ3) is 3.09. The fourth-order valence-corrected chi connectivity index (χ4v) is 1.59. The zero-order valence-corrected chi connectivity index (χ0v) is 9.17. The van der Waals surface area contributed by atoms with Gasteiger partial charge < -0.3 is 9.57 Å². The van der Waals surface area contributed by atoms with Crippen LogP contribution in [0.3, 0.4) is 0 Å². The number of hydrogen-bond acceptors (Lipinski definition) is 3. The number of ether oxygens (including phenoxy) is 1. The van der Waals surface area contributed by atoms with Crippen LogP contribution >= 0.6 is 11.6 Å². The van der Waals surface area contributed by atoms with E-state index in [9.17, 15) is 0 Å². The van der Waals surface area contributed by atoms with E-state index >= 15 is 0 Å². The van der Waals surface area contributed by atoms with Crippen LogP contribution in [0.15, 0.2) is 18.2 Å². The Morgan fingerprint density at radius 3 is 2.80 bits per heavy atom. The van der Waals surface area contributed by atoms with E-state index in [0.717, 1.165) is 30.6 Å². The van der Waals surface area contributed by atoms with Crippen LogP contribution < -0.4 is 10.6 Å². The van der Waals surface area contributed by atoms with Gasteiger partial charge in [0, 0.05) is 0 Å². The summed E-state index contributed by atoms with van der Waals surface area (Å²) in [5, 5.41) is 0.663. The van der Waals surface area contributed by atoms with Crippen LogP contribution in [0.25, 0.3) is 0 Å². The molecule has 0 radical (unpaired) electrons. The molecule has 1 aliphatic rings. The van der Waals surface area contributed by atoms with Gasteiger partial charge in [0.25, 0.3) is 0 Å². The van der Waals surface area contributed by atoms with Crippen molar-refractivity contribution in [1.29, 1.82) is 0 Å². The Bertz CT molecular complexity index is 339.